The van der Waals surface area contributed by atoms with Crippen molar-refractivity contribution in [3.05, 3.63) is 0 Å². The molecular weight excluding hydrogens is 170 g/mol. The molecule has 0 aliphatic rings. The van der Waals surface area contributed by atoms with Crippen molar-refractivity contribution < 1.29 is 9.53 Å². The highest BCUT2D eigenvalue weighted by molar-refractivity contribution is 5.66. The molecule has 5 nitrogen and oxygen atoms in total. The van der Waals surface area contributed by atoms with E-state index in [4.69, 9.17) is 10.5 Å². The van der Waals surface area contributed by atoms with Crippen LogP contribution >= 0.6 is 0 Å². The van der Waals surface area contributed by atoms with Crippen LogP contribution in [0.4, 0.5) is 4.79 Å². The minimum Gasteiger partial charge on any atom is -0.443 e. The van der Waals surface area contributed by atoms with Gasteiger partial charge in [-0.3, -0.25) is 5.43 Å². The van der Waals surface area contributed by atoms with E-state index < -0.39 is 11.7 Å². The fourth-order valence-electron chi connectivity index (χ4n) is 0.545. The summed E-state index contributed by atoms with van der Waals surface area (Å²) in [6.07, 6.45) is -0.493. The topological polar surface area (TPSA) is 76.4 Å². The molecule has 1 amide bonds. The van der Waals surface area contributed by atoms with Gasteiger partial charge in [-0.15, -0.1) is 0 Å². The second-order valence-corrected chi connectivity index (χ2v) is 3.91. The Kier molecular flexibility index (Phi) is 4.72. The number of hydrogen-bond donors (Lipinski definition) is 3. The minimum atomic E-state index is -0.493. The van der Waals surface area contributed by atoms with Gasteiger partial charge in [0.15, 0.2) is 0 Å². The lowest BCUT2D eigenvalue weighted by molar-refractivity contribution is 0.0490. The fraction of sp³-hybridized carbons (Fsp3) is 0.875. The standard InChI is InChI=1S/C8H19N3O2/c1-6(5-9)10-11-7(12)13-8(2,3)4/h6,10H,5,9H2,1-4H3,(H,11,12)/t6-/m0/s1. The van der Waals surface area contributed by atoms with Gasteiger partial charge in [-0.2, -0.15) is 0 Å². The van der Waals surface area contributed by atoms with Crippen molar-refractivity contribution in [2.45, 2.75) is 39.3 Å². The molecule has 5 heteroatoms. The molecule has 0 aliphatic heterocycles. The Hall–Kier alpha value is -0.810. The van der Waals surface area contributed by atoms with Crippen LogP contribution in [0.3, 0.4) is 0 Å². The highest BCUT2D eigenvalue weighted by atomic mass is 16.6. The van der Waals surface area contributed by atoms with Crippen LogP contribution in [0.2, 0.25) is 0 Å². The zero-order valence-electron chi connectivity index (χ0n) is 8.68. The number of hydrogen-bond acceptors (Lipinski definition) is 4. The van der Waals surface area contributed by atoms with Crippen molar-refractivity contribution >= 4 is 6.09 Å². The Morgan fingerprint density at radius 3 is 2.46 bits per heavy atom. The molecule has 0 spiro atoms. The summed E-state index contributed by atoms with van der Waals surface area (Å²) in [5, 5.41) is 0. The van der Waals surface area contributed by atoms with Gasteiger partial charge in [0, 0.05) is 12.6 Å². The molecule has 0 rings (SSSR count). The van der Waals surface area contributed by atoms with E-state index in [9.17, 15) is 4.79 Å². The number of carbonyl (C=O) groups is 1. The van der Waals surface area contributed by atoms with Crippen molar-refractivity contribution in [2.24, 2.45) is 5.73 Å². The Bertz CT molecular complexity index is 165. The van der Waals surface area contributed by atoms with Gasteiger partial charge in [0.25, 0.3) is 0 Å². The average molecular weight is 189 g/mol. The summed E-state index contributed by atoms with van der Waals surface area (Å²) in [5.74, 6) is 0. The van der Waals surface area contributed by atoms with Gasteiger partial charge in [-0.05, 0) is 27.7 Å². The molecule has 0 aliphatic carbocycles. The van der Waals surface area contributed by atoms with E-state index in [1.807, 2.05) is 6.92 Å². The van der Waals surface area contributed by atoms with Crippen LogP contribution < -0.4 is 16.6 Å². The Morgan fingerprint density at radius 1 is 1.54 bits per heavy atom. The number of ether oxygens (including phenoxy) is 1. The molecule has 0 saturated heterocycles. The van der Waals surface area contributed by atoms with Crippen molar-refractivity contribution in [2.75, 3.05) is 6.54 Å². The molecule has 0 bridgehead atoms. The van der Waals surface area contributed by atoms with Crippen LogP contribution in [-0.2, 0) is 4.74 Å². The summed E-state index contributed by atoms with van der Waals surface area (Å²) >= 11 is 0. The molecule has 0 aromatic carbocycles. The molecule has 1 atom stereocenters. The van der Waals surface area contributed by atoms with E-state index in [1.54, 1.807) is 20.8 Å². The van der Waals surface area contributed by atoms with Gasteiger partial charge in [-0.25, -0.2) is 10.2 Å². The molecule has 13 heavy (non-hydrogen) atoms. The molecule has 0 radical (unpaired) electrons. The molecule has 4 N–H and O–H groups in total. The second-order valence-electron chi connectivity index (χ2n) is 3.91. The van der Waals surface area contributed by atoms with Crippen molar-refractivity contribution in [1.29, 1.82) is 0 Å². The summed E-state index contributed by atoms with van der Waals surface area (Å²) < 4.78 is 4.98. The van der Waals surface area contributed by atoms with E-state index in [0.29, 0.717) is 6.54 Å². The van der Waals surface area contributed by atoms with Crippen LogP contribution in [0.1, 0.15) is 27.7 Å². The SMILES string of the molecule is C[C@@H](CN)NNC(=O)OC(C)(C)C. The first-order valence-electron chi connectivity index (χ1n) is 4.29. The number of hydrazine groups is 1. The first-order chi connectivity index (χ1) is 5.85. The van der Waals surface area contributed by atoms with E-state index in [2.05, 4.69) is 10.9 Å². The molecule has 0 saturated carbocycles. The maximum absolute atomic E-state index is 11.0. The largest absolute Gasteiger partial charge is 0.443 e. The lowest BCUT2D eigenvalue weighted by Crippen LogP contribution is -2.47. The van der Waals surface area contributed by atoms with Gasteiger partial charge in [-0.1, -0.05) is 0 Å². The zero-order valence-corrected chi connectivity index (χ0v) is 8.68. The summed E-state index contributed by atoms with van der Waals surface area (Å²) in [6.45, 7) is 7.73. The Balaban J connectivity index is 3.64. The first kappa shape index (κ1) is 12.2. The third-order valence-corrected chi connectivity index (χ3v) is 1.17. The molecule has 0 fully saturated rings. The maximum Gasteiger partial charge on any atom is 0.422 e. The average Bonchev–Trinajstić information content (AvgIpc) is 1.97. The van der Waals surface area contributed by atoms with Gasteiger partial charge in [0.2, 0.25) is 0 Å². The number of rotatable bonds is 3. The predicted molar refractivity (Wildman–Crippen MR) is 51.0 cm³/mol. The third-order valence-electron chi connectivity index (χ3n) is 1.17. The summed E-state index contributed by atoms with van der Waals surface area (Å²) in [5.41, 5.74) is 9.96. The Labute approximate surface area is 79.0 Å². The first-order valence-corrected chi connectivity index (χ1v) is 4.29. The van der Waals surface area contributed by atoms with Crippen molar-refractivity contribution in [3.8, 4) is 0 Å². The highest BCUT2D eigenvalue weighted by Crippen LogP contribution is 2.05. The zero-order chi connectivity index (χ0) is 10.5. The van der Waals surface area contributed by atoms with E-state index in [-0.39, 0.29) is 6.04 Å². The molecule has 78 valence electrons. The van der Waals surface area contributed by atoms with Crippen molar-refractivity contribution in [1.82, 2.24) is 10.9 Å². The summed E-state index contributed by atoms with van der Waals surface area (Å²) in [4.78, 5) is 11.0. The van der Waals surface area contributed by atoms with Crippen LogP contribution in [0.5, 0.6) is 0 Å². The third kappa shape index (κ3) is 7.55. The van der Waals surface area contributed by atoms with E-state index in [1.165, 1.54) is 0 Å². The maximum atomic E-state index is 11.0. The number of nitrogens with one attached hydrogen (secondary N) is 2. The minimum absolute atomic E-state index is 0.0347. The van der Waals surface area contributed by atoms with Crippen LogP contribution in [0.15, 0.2) is 0 Å². The smallest absolute Gasteiger partial charge is 0.422 e. The summed E-state index contributed by atoms with van der Waals surface area (Å²) in [7, 11) is 0. The Morgan fingerprint density at radius 2 is 2.08 bits per heavy atom. The molecule has 0 unspecified atom stereocenters. The quantitative estimate of drug-likeness (QED) is 0.560. The van der Waals surface area contributed by atoms with Gasteiger partial charge >= 0.3 is 6.09 Å². The molecule has 0 aromatic heterocycles. The molecule has 0 heterocycles. The predicted octanol–water partition coefficient (Wildman–Crippen LogP) is 0.363. The highest BCUT2D eigenvalue weighted by Gasteiger charge is 2.15. The number of nitrogens with two attached hydrogens (primary N) is 1. The van der Waals surface area contributed by atoms with Crippen molar-refractivity contribution in [3.63, 3.8) is 0 Å². The van der Waals surface area contributed by atoms with Crippen LogP contribution in [0.25, 0.3) is 0 Å². The monoisotopic (exact) mass is 189 g/mol. The summed E-state index contributed by atoms with van der Waals surface area (Å²) in [6, 6.07) is 0.0347. The lowest BCUT2D eigenvalue weighted by atomic mass is 10.2. The number of amides is 1. The van der Waals surface area contributed by atoms with Crippen LogP contribution in [-0.4, -0.2) is 24.3 Å². The van der Waals surface area contributed by atoms with Gasteiger partial charge < -0.3 is 10.5 Å². The van der Waals surface area contributed by atoms with Gasteiger partial charge in [0.1, 0.15) is 5.60 Å². The van der Waals surface area contributed by atoms with E-state index in [0.717, 1.165) is 0 Å². The van der Waals surface area contributed by atoms with E-state index >= 15 is 0 Å². The fourth-order valence-corrected chi connectivity index (χ4v) is 0.545. The van der Waals surface area contributed by atoms with Crippen LogP contribution in [0, 0.1) is 0 Å². The molecule has 0 aromatic rings. The second kappa shape index (κ2) is 5.04. The normalized spacial score (nSPS) is 13.6. The molecular formula is C8H19N3O2. The van der Waals surface area contributed by atoms with Gasteiger partial charge in [0.05, 0.1) is 0 Å². The lowest BCUT2D eigenvalue weighted by Gasteiger charge is -2.20. The number of carbonyl (C=O) groups excluding carboxylic acids is 1.